The molecule has 0 radical (unpaired) electrons. The van der Waals surface area contributed by atoms with Crippen LogP contribution in [-0.2, 0) is 6.54 Å². The number of halogens is 2. The maximum Gasteiger partial charge on any atom is 0.264 e. The lowest BCUT2D eigenvalue weighted by Crippen LogP contribution is -2.18. The Morgan fingerprint density at radius 3 is 2.82 bits per heavy atom. The van der Waals surface area contributed by atoms with Crippen LogP contribution in [0.25, 0.3) is 11.0 Å². The number of pyridine rings is 1. The molecule has 2 heterocycles. The van der Waals surface area contributed by atoms with E-state index in [0.717, 1.165) is 25.7 Å². The summed E-state index contributed by atoms with van der Waals surface area (Å²) in [4.78, 5) is 19.1. The number of hydrogen-bond donors (Lipinski definition) is 1. The highest BCUT2D eigenvalue weighted by molar-refractivity contribution is 7.71. The SMILES string of the molecule is CCCCn1c(=S)[nH]c(=O)c2c(C(F)F)cc(C3CC3)nc21. The van der Waals surface area contributed by atoms with Crippen LogP contribution in [0.2, 0.25) is 0 Å². The second-order valence-corrected chi connectivity index (χ2v) is 6.06. The minimum atomic E-state index is -2.71. The fourth-order valence-electron chi connectivity index (χ4n) is 2.61. The molecule has 118 valence electrons. The number of nitrogens with zero attached hydrogens (tertiary/aromatic N) is 2. The summed E-state index contributed by atoms with van der Waals surface area (Å²) in [5.41, 5.74) is 0.112. The third-order valence-electron chi connectivity index (χ3n) is 3.97. The van der Waals surface area contributed by atoms with E-state index in [-0.39, 0.29) is 21.6 Å². The standard InChI is InChI=1S/C15H17F2N3OS/c1-2-3-6-20-13-11(14(21)19-15(20)22)9(12(16)17)7-10(18-13)8-4-5-8/h7-8,12H,2-6H2,1H3,(H,19,21,22). The summed E-state index contributed by atoms with van der Waals surface area (Å²) in [6.07, 6.45) is 0.987. The zero-order chi connectivity index (χ0) is 15.9. The van der Waals surface area contributed by atoms with Crippen LogP contribution in [0, 0.1) is 4.77 Å². The predicted molar refractivity (Wildman–Crippen MR) is 83.0 cm³/mol. The molecular formula is C15H17F2N3OS. The number of H-pyrrole nitrogens is 1. The highest BCUT2D eigenvalue weighted by Crippen LogP contribution is 2.41. The molecule has 0 saturated heterocycles. The van der Waals surface area contributed by atoms with Crippen LogP contribution in [-0.4, -0.2) is 14.5 Å². The number of hydrogen-bond acceptors (Lipinski definition) is 3. The van der Waals surface area contributed by atoms with Crippen molar-refractivity contribution in [1.29, 1.82) is 0 Å². The van der Waals surface area contributed by atoms with Crippen molar-refractivity contribution in [3.63, 3.8) is 0 Å². The Hall–Kier alpha value is -1.63. The summed E-state index contributed by atoms with van der Waals surface area (Å²) in [5.74, 6) is 0.231. The largest absolute Gasteiger partial charge is 0.303 e. The summed E-state index contributed by atoms with van der Waals surface area (Å²) >= 11 is 5.19. The molecule has 3 rings (SSSR count). The van der Waals surface area contributed by atoms with Crippen LogP contribution < -0.4 is 5.56 Å². The number of nitrogens with one attached hydrogen (secondary N) is 1. The van der Waals surface area contributed by atoms with Gasteiger partial charge in [0.05, 0.1) is 5.39 Å². The van der Waals surface area contributed by atoms with Crippen LogP contribution in [0.5, 0.6) is 0 Å². The third-order valence-corrected chi connectivity index (χ3v) is 4.29. The van der Waals surface area contributed by atoms with Crippen molar-refractivity contribution in [2.45, 2.75) is 51.5 Å². The number of aromatic amines is 1. The van der Waals surface area contributed by atoms with Crippen molar-refractivity contribution in [3.05, 3.63) is 32.4 Å². The second kappa shape index (κ2) is 5.87. The first-order valence-electron chi connectivity index (χ1n) is 7.48. The minimum Gasteiger partial charge on any atom is -0.303 e. The van der Waals surface area contributed by atoms with Crippen LogP contribution >= 0.6 is 12.2 Å². The number of aromatic nitrogens is 3. The molecule has 0 unspecified atom stereocenters. The van der Waals surface area contributed by atoms with E-state index in [2.05, 4.69) is 9.97 Å². The Labute approximate surface area is 131 Å². The van der Waals surface area contributed by atoms with E-state index in [1.165, 1.54) is 6.07 Å². The number of rotatable bonds is 5. The molecule has 1 aliphatic rings. The first-order valence-corrected chi connectivity index (χ1v) is 7.89. The summed E-state index contributed by atoms with van der Waals surface area (Å²) in [6.45, 7) is 2.59. The monoisotopic (exact) mass is 325 g/mol. The first-order chi connectivity index (χ1) is 10.5. The summed E-state index contributed by atoms with van der Waals surface area (Å²) in [6, 6.07) is 1.38. The number of alkyl halides is 2. The highest BCUT2D eigenvalue weighted by atomic mass is 32.1. The van der Waals surface area contributed by atoms with Crippen molar-refractivity contribution in [1.82, 2.24) is 14.5 Å². The molecule has 2 aromatic heterocycles. The molecule has 7 heteroatoms. The molecule has 0 bridgehead atoms. The molecule has 1 fully saturated rings. The van der Waals surface area contributed by atoms with E-state index in [4.69, 9.17) is 12.2 Å². The van der Waals surface area contributed by atoms with Gasteiger partial charge in [0, 0.05) is 23.7 Å². The average Bonchev–Trinajstić information content (AvgIpc) is 3.30. The lowest BCUT2D eigenvalue weighted by atomic mass is 10.1. The van der Waals surface area contributed by atoms with Crippen molar-refractivity contribution >= 4 is 23.3 Å². The van der Waals surface area contributed by atoms with E-state index in [1.54, 1.807) is 4.57 Å². The van der Waals surface area contributed by atoms with E-state index >= 15 is 0 Å². The van der Waals surface area contributed by atoms with E-state index in [1.807, 2.05) is 6.92 Å². The molecule has 0 spiro atoms. The van der Waals surface area contributed by atoms with Gasteiger partial charge in [-0.25, -0.2) is 13.8 Å². The third kappa shape index (κ3) is 2.69. The molecular weight excluding hydrogens is 308 g/mol. The van der Waals surface area contributed by atoms with Gasteiger partial charge in [-0.15, -0.1) is 0 Å². The Balaban J connectivity index is 2.34. The van der Waals surface area contributed by atoms with Crippen molar-refractivity contribution < 1.29 is 8.78 Å². The quantitative estimate of drug-likeness (QED) is 0.843. The molecule has 1 saturated carbocycles. The molecule has 0 atom stereocenters. The zero-order valence-corrected chi connectivity index (χ0v) is 13.1. The lowest BCUT2D eigenvalue weighted by Gasteiger charge is -2.13. The Kier molecular flexibility index (Phi) is 4.08. The molecule has 0 aliphatic heterocycles. The van der Waals surface area contributed by atoms with Gasteiger partial charge in [-0.2, -0.15) is 0 Å². The van der Waals surface area contributed by atoms with Crippen molar-refractivity contribution in [2.24, 2.45) is 0 Å². The molecule has 1 N–H and O–H groups in total. The average molecular weight is 325 g/mol. The summed E-state index contributed by atoms with van der Waals surface area (Å²) < 4.78 is 28.7. The fourth-order valence-corrected chi connectivity index (χ4v) is 2.88. The topological polar surface area (TPSA) is 50.7 Å². The van der Waals surface area contributed by atoms with Gasteiger partial charge < -0.3 is 4.57 Å². The maximum absolute atomic E-state index is 13.4. The zero-order valence-electron chi connectivity index (χ0n) is 12.2. The normalized spacial score (nSPS) is 14.9. The Morgan fingerprint density at radius 2 is 2.23 bits per heavy atom. The molecule has 2 aromatic rings. The number of aryl methyl sites for hydroxylation is 1. The van der Waals surface area contributed by atoms with Gasteiger partial charge in [0.2, 0.25) is 0 Å². The van der Waals surface area contributed by atoms with Crippen molar-refractivity contribution in [2.75, 3.05) is 0 Å². The Morgan fingerprint density at radius 1 is 1.50 bits per heavy atom. The molecule has 1 aliphatic carbocycles. The summed E-state index contributed by atoms with van der Waals surface area (Å²) in [5, 5.41) is -0.0379. The summed E-state index contributed by atoms with van der Waals surface area (Å²) in [7, 11) is 0. The van der Waals surface area contributed by atoms with Gasteiger partial charge in [-0.3, -0.25) is 9.78 Å². The van der Waals surface area contributed by atoms with E-state index in [9.17, 15) is 13.6 Å². The predicted octanol–water partition coefficient (Wildman–Crippen LogP) is 4.07. The molecule has 0 aromatic carbocycles. The Bertz CT molecular complexity index is 824. The number of fused-ring (bicyclic) bond motifs is 1. The maximum atomic E-state index is 13.4. The molecule has 22 heavy (non-hydrogen) atoms. The second-order valence-electron chi connectivity index (χ2n) is 5.67. The smallest absolute Gasteiger partial charge is 0.264 e. The van der Waals surface area contributed by atoms with Crippen LogP contribution in [0.3, 0.4) is 0 Å². The van der Waals surface area contributed by atoms with Gasteiger partial charge in [-0.05, 0) is 37.5 Å². The van der Waals surface area contributed by atoms with E-state index in [0.29, 0.717) is 17.9 Å². The highest BCUT2D eigenvalue weighted by Gasteiger charge is 2.28. The molecule has 4 nitrogen and oxygen atoms in total. The van der Waals surface area contributed by atoms with Gasteiger partial charge in [0.15, 0.2) is 4.77 Å². The fraction of sp³-hybridized carbons (Fsp3) is 0.533. The van der Waals surface area contributed by atoms with Gasteiger partial charge in [-0.1, -0.05) is 13.3 Å². The van der Waals surface area contributed by atoms with Gasteiger partial charge in [0.1, 0.15) is 5.65 Å². The molecule has 0 amide bonds. The first kappa shape index (κ1) is 15.3. The minimum absolute atomic E-state index is 0.0379. The van der Waals surface area contributed by atoms with Crippen LogP contribution in [0.4, 0.5) is 8.78 Å². The lowest BCUT2D eigenvalue weighted by molar-refractivity contribution is 0.153. The number of unbranched alkanes of at least 4 members (excludes halogenated alkanes) is 1. The van der Waals surface area contributed by atoms with E-state index < -0.39 is 12.0 Å². The van der Waals surface area contributed by atoms with Crippen molar-refractivity contribution in [3.8, 4) is 0 Å². The van der Waals surface area contributed by atoms with Crippen LogP contribution in [0.1, 0.15) is 56.2 Å². The van der Waals surface area contributed by atoms with Gasteiger partial charge >= 0.3 is 0 Å². The van der Waals surface area contributed by atoms with Gasteiger partial charge in [0.25, 0.3) is 12.0 Å². The van der Waals surface area contributed by atoms with Crippen LogP contribution in [0.15, 0.2) is 10.9 Å².